The van der Waals surface area contributed by atoms with Gasteiger partial charge in [0.15, 0.2) is 0 Å². The van der Waals surface area contributed by atoms with E-state index in [0.29, 0.717) is 35.5 Å². The third-order valence-corrected chi connectivity index (χ3v) is 6.46. The lowest BCUT2D eigenvalue weighted by atomic mass is 10.1. The van der Waals surface area contributed by atoms with Crippen molar-refractivity contribution in [1.82, 2.24) is 9.62 Å². The van der Waals surface area contributed by atoms with Crippen LogP contribution in [0.25, 0.3) is 0 Å². The molecule has 5 nitrogen and oxygen atoms in total. The van der Waals surface area contributed by atoms with Crippen molar-refractivity contribution in [1.29, 1.82) is 0 Å². The number of hydrogen-bond acceptors (Lipinski definition) is 4. The molecular weight excluding hydrogens is 360 g/mol. The molecule has 134 valence electrons. The summed E-state index contributed by atoms with van der Waals surface area (Å²) in [4.78, 5) is 0.282. The zero-order chi connectivity index (χ0) is 17.9. The Kier molecular flexibility index (Phi) is 5.64. The van der Waals surface area contributed by atoms with Crippen LogP contribution in [0.2, 0.25) is 5.02 Å². The van der Waals surface area contributed by atoms with Crippen LogP contribution in [0.15, 0.2) is 53.4 Å². The fraction of sp³-hybridized carbons (Fsp3) is 0.333. The summed E-state index contributed by atoms with van der Waals surface area (Å²) in [7, 11) is -1.58. The van der Waals surface area contributed by atoms with Crippen LogP contribution in [0.4, 0.5) is 0 Å². The molecule has 25 heavy (non-hydrogen) atoms. The number of nitrogens with zero attached hydrogens (tertiary/aromatic N) is 1. The number of benzene rings is 2. The van der Waals surface area contributed by atoms with Gasteiger partial charge >= 0.3 is 0 Å². The molecule has 1 atom stereocenters. The van der Waals surface area contributed by atoms with Gasteiger partial charge in [0.2, 0.25) is 10.0 Å². The monoisotopic (exact) mass is 380 g/mol. The molecule has 7 heteroatoms. The maximum Gasteiger partial charge on any atom is 0.243 e. The van der Waals surface area contributed by atoms with Crippen molar-refractivity contribution in [3.63, 3.8) is 0 Å². The first kappa shape index (κ1) is 18.2. The van der Waals surface area contributed by atoms with E-state index in [2.05, 4.69) is 5.32 Å². The molecule has 0 spiro atoms. The molecule has 1 aliphatic rings. The van der Waals surface area contributed by atoms with E-state index in [4.69, 9.17) is 16.3 Å². The Morgan fingerprint density at radius 2 is 1.92 bits per heavy atom. The summed E-state index contributed by atoms with van der Waals surface area (Å²) in [6.07, 6.45) is 0.883. The zero-order valence-electron chi connectivity index (χ0n) is 14.0. The summed E-state index contributed by atoms with van der Waals surface area (Å²) in [5.41, 5.74) is 0. The van der Waals surface area contributed by atoms with Crippen molar-refractivity contribution >= 4 is 21.6 Å². The maximum absolute atomic E-state index is 12.8. The first-order valence-corrected chi connectivity index (χ1v) is 9.99. The molecule has 0 aromatic heterocycles. The third kappa shape index (κ3) is 4.15. The molecule has 1 N–H and O–H groups in total. The highest BCUT2D eigenvalue weighted by atomic mass is 35.5. The second-order valence-corrected chi connectivity index (χ2v) is 8.42. The Morgan fingerprint density at radius 3 is 2.60 bits per heavy atom. The average molecular weight is 381 g/mol. The van der Waals surface area contributed by atoms with Gasteiger partial charge < -0.3 is 10.1 Å². The standard InChI is InChI=1S/C18H21ClN2O3S/c1-20-12-14-10-11-21(13-14)25(22,23)16-8-6-15(7-9-16)24-18-5-3-2-4-17(18)19/h2-9,14,20H,10-13H2,1H3. The SMILES string of the molecule is CNCC1CCN(S(=O)(=O)c2ccc(Oc3ccccc3Cl)cc2)C1. The zero-order valence-corrected chi connectivity index (χ0v) is 15.6. The van der Waals surface area contributed by atoms with Crippen molar-refractivity contribution in [2.24, 2.45) is 5.92 Å². The van der Waals surface area contributed by atoms with Crippen molar-refractivity contribution in [3.8, 4) is 11.5 Å². The topological polar surface area (TPSA) is 58.6 Å². The molecule has 2 aromatic carbocycles. The Balaban J connectivity index is 1.72. The van der Waals surface area contributed by atoms with Gasteiger partial charge in [-0.2, -0.15) is 4.31 Å². The molecule has 1 heterocycles. The van der Waals surface area contributed by atoms with Crippen LogP contribution in [0.1, 0.15) is 6.42 Å². The predicted octanol–water partition coefficient (Wildman–Crippen LogP) is 3.36. The summed E-state index contributed by atoms with van der Waals surface area (Å²) in [5.74, 6) is 1.44. The van der Waals surface area contributed by atoms with Crippen LogP contribution in [-0.2, 0) is 10.0 Å². The highest BCUT2D eigenvalue weighted by molar-refractivity contribution is 7.89. The Hall–Kier alpha value is -1.60. The molecular formula is C18H21ClN2O3S. The Labute approximate surface area is 153 Å². The number of halogens is 1. The number of ether oxygens (including phenoxy) is 1. The minimum Gasteiger partial charge on any atom is -0.456 e. The van der Waals surface area contributed by atoms with E-state index >= 15 is 0 Å². The van der Waals surface area contributed by atoms with Gasteiger partial charge in [0, 0.05) is 13.1 Å². The highest BCUT2D eigenvalue weighted by Crippen LogP contribution is 2.30. The lowest BCUT2D eigenvalue weighted by molar-refractivity contribution is 0.451. The van der Waals surface area contributed by atoms with Gasteiger partial charge in [-0.3, -0.25) is 0 Å². The van der Waals surface area contributed by atoms with Crippen LogP contribution in [0, 0.1) is 5.92 Å². The van der Waals surface area contributed by atoms with Crippen LogP contribution >= 0.6 is 11.6 Å². The van der Waals surface area contributed by atoms with Gasteiger partial charge in [-0.05, 0) is 62.3 Å². The van der Waals surface area contributed by atoms with Gasteiger partial charge in [0.1, 0.15) is 11.5 Å². The minimum atomic E-state index is -3.46. The van der Waals surface area contributed by atoms with Crippen LogP contribution < -0.4 is 10.1 Å². The van der Waals surface area contributed by atoms with Gasteiger partial charge in [0.05, 0.1) is 9.92 Å². The molecule has 0 aliphatic carbocycles. The Bertz CT molecular complexity index is 824. The molecule has 2 aromatic rings. The molecule has 0 saturated carbocycles. The van der Waals surface area contributed by atoms with Gasteiger partial charge in [-0.25, -0.2) is 8.42 Å². The lowest BCUT2D eigenvalue weighted by Crippen LogP contribution is -2.30. The average Bonchev–Trinajstić information content (AvgIpc) is 3.07. The molecule has 1 saturated heterocycles. The van der Waals surface area contributed by atoms with E-state index in [0.717, 1.165) is 13.0 Å². The smallest absolute Gasteiger partial charge is 0.243 e. The Morgan fingerprint density at radius 1 is 1.20 bits per heavy atom. The molecule has 3 rings (SSSR count). The van der Waals surface area contributed by atoms with E-state index in [9.17, 15) is 8.42 Å². The summed E-state index contributed by atoms with van der Waals surface area (Å²) in [5, 5.41) is 3.61. The molecule has 1 aliphatic heterocycles. The fourth-order valence-electron chi connectivity index (χ4n) is 2.95. The summed E-state index contributed by atoms with van der Waals surface area (Å²) in [6, 6.07) is 13.6. The highest BCUT2D eigenvalue weighted by Gasteiger charge is 2.32. The van der Waals surface area contributed by atoms with Crippen molar-refractivity contribution < 1.29 is 13.2 Å². The van der Waals surface area contributed by atoms with Crippen LogP contribution in [-0.4, -0.2) is 39.4 Å². The van der Waals surface area contributed by atoms with E-state index in [1.54, 1.807) is 40.7 Å². The number of hydrogen-bond donors (Lipinski definition) is 1. The van der Waals surface area contributed by atoms with Gasteiger partial charge in [0.25, 0.3) is 0 Å². The first-order chi connectivity index (χ1) is 12.0. The molecule has 0 radical (unpaired) electrons. The fourth-order valence-corrected chi connectivity index (χ4v) is 4.66. The lowest BCUT2D eigenvalue weighted by Gasteiger charge is -2.17. The quantitative estimate of drug-likeness (QED) is 0.834. The maximum atomic E-state index is 12.8. The minimum absolute atomic E-state index is 0.282. The largest absolute Gasteiger partial charge is 0.456 e. The summed E-state index contributed by atoms with van der Waals surface area (Å²) >= 11 is 6.07. The molecule has 0 amide bonds. The number of nitrogens with one attached hydrogen (secondary N) is 1. The summed E-state index contributed by atoms with van der Waals surface area (Å²) < 4.78 is 32.8. The van der Waals surface area contributed by atoms with Gasteiger partial charge in [-0.1, -0.05) is 23.7 Å². The normalized spacial score (nSPS) is 18.4. The first-order valence-electron chi connectivity index (χ1n) is 8.18. The summed E-state index contributed by atoms with van der Waals surface area (Å²) in [6.45, 7) is 1.95. The van der Waals surface area contributed by atoms with Gasteiger partial charge in [-0.15, -0.1) is 0 Å². The molecule has 0 bridgehead atoms. The molecule has 1 fully saturated rings. The third-order valence-electron chi connectivity index (χ3n) is 4.27. The van der Waals surface area contributed by atoms with Crippen molar-refractivity contribution in [3.05, 3.63) is 53.6 Å². The molecule has 1 unspecified atom stereocenters. The number of para-hydroxylation sites is 1. The van der Waals surface area contributed by atoms with E-state index in [1.165, 1.54) is 0 Å². The van der Waals surface area contributed by atoms with E-state index < -0.39 is 10.0 Å². The second kappa shape index (κ2) is 7.74. The van der Waals surface area contributed by atoms with Crippen LogP contribution in [0.5, 0.6) is 11.5 Å². The van der Waals surface area contributed by atoms with E-state index in [-0.39, 0.29) is 4.90 Å². The second-order valence-electron chi connectivity index (χ2n) is 6.08. The van der Waals surface area contributed by atoms with Crippen molar-refractivity contribution in [2.75, 3.05) is 26.7 Å². The van der Waals surface area contributed by atoms with Crippen LogP contribution in [0.3, 0.4) is 0 Å². The predicted molar refractivity (Wildman–Crippen MR) is 98.8 cm³/mol. The number of sulfonamides is 1. The van der Waals surface area contributed by atoms with E-state index in [1.807, 2.05) is 19.2 Å². The number of rotatable bonds is 6. The van der Waals surface area contributed by atoms with Crippen molar-refractivity contribution in [2.45, 2.75) is 11.3 Å².